The number of rotatable bonds is 7. The predicted molar refractivity (Wildman–Crippen MR) is 81.6 cm³/mol. The van der Waals surface area contributed by atoms with Crippen LogP contribution in [0.3, 0.4) is 0 Å². The molecule has 1 aromatic rings. The Kier molecular flexibility index (Phi) is 6.35. The SMILES string of the molecule is CCC(C)N(C)CCNc1cc(F)c(Br)cc1[N+](=O)[O-]. The van der Waals surface area contributed by atoms with Crippen LogP contribution in [0.25, 0.3) is 0 Å². The van der Waals surface area contributed by atoms with Crippen molar-refractivity contribution in [1.82, 2.24) is 4.90 Å². The van der Waals surface area contributed by atoms with Gasteiger partial charge in [-0.15, -0.1) is 0 Å². The molecule has 0 spiro atoms. The molecule has 5 nitrogen and oxygen atoms in total. The second-order valence-electron chi connectivity index (χ2n) is 4.71. The van der Waals surface area contributed by atoms with Crippen molar-refractivity contribution in [2.75, 3.05) is 25.5 Å². The van der Waals surface area contributed by atoms with Crippen molar-refractivity contribution in [1.29, 1.82) is 0 Å². The second kappa shape index (κ2) is 7.54. The summed E-state index contributed by atoms with van der Waals surface area (Å²) in [4.78, 5) is 12.6. The van der Waals surface area contributed by atoms with Crippen molar-refractivity contribution < 1.29 is 9.31 Å². The van der Waals surface area contributed by atoms with E-state index in [2.05, 4.69) is 40.0 Å². The predicted octanol–water partition coefficient (Wildman–Crippen LogP) is 3.64. The maximum atomic E-state index is 13.5. The largest absolute Gasteiger partial charge is 0.378 e. The molecule has 0 fully saturated rings. The van der Waals surface area contributed by atoms with Gasteiger partial charge in [-0.05, 0) is 36.3 Å². The maximum Gasteiger partial charge on any atom is 0.293 e. The van der Waals surface area contributed by atoms with E-state index in [1.54, 1.807) is 0 Å². The van der Waals surface area contributed by atoms with Crippen molar-refractivity contribution in [3.05, 3.63) is 32.5 Å². The molecular weight excluding hydrogens is 329 g/mol. The molecule has 0 aliphatic carbocycles. The molecule has 0 heterocycles. The lowest BCUT2D eigenvalue weighted by molar-refractivity contribution is -0.384. The summed E-state index contributed by atoms with van der Waals surface area (Å²) in [5, 5.41) is 13.9. The zero-order chi connectivity index (χ0) is 15.3. The number of likely N-dealkylation sites (N-methyl/N-ethyl adjacent to an activating group) is 1. The van der Waals surface area contributed by atoms with E-state index in [9.17, 15) is 14.5 Å². The summed E-state index contributed by atoms with van der Waals surface area (Å²) in [6.07, 6.45) is 1.03. The lowest BCUT2D eigenvalue weighted by Crippen LogP contribution is -2.32. The number of halogens is 2. The monoisotopic (exact) mass is 347 g/mol. The van der Waals surface area contributed by atoms with Gasteiger partial charge in [0.25, 0.3) is 5.69 Å². The third kappa shape index (κ3) is 4.42. The Bertz CT molecular complexity index is 485. The van der Waals surface area contributed by atoms with Gasteiger partial charge in [-0.2, -0.15) is 0 Å². The Labute approximate surface area is 126 Å². The summed E-state index contributed by atoms with van der Waals surface area (Å²) >= 11 is 2.95. The molecule has 0 bridgehead atoms. The molecule has 0 aliphatic rings. The van der Waals surface area contributed by atoms with Crippen LogP contribution in [0.5, 0.6) is 0 Å². The first-order valence-electron chi connectivity index (χ1n) is 6.44. The van der Waals surface area contributed by atoms with Crippen molar-refractivity contribution in [2.45, 2.75) is 26.3 Å². The number of nitro benzene ring substituents is 1. The van der Waals surface area contributed by atoms with Gasteiger partial charge in [0, 0.05) is 31.3 Å². The third-order valence-corrected chi connectivity index (χ3v) is 3.97. The number of nitro groups is 1. The van der Waals surface area contributed by atoms with Crippen LogP contribution >= 0.6 is 15.9 Å². The van der Waals surface area contributed by atoms with Crippen LogP contribution in [0.1, 0.15) is 20.3 Å². The Hall–Kier alpha value is -1.21. The molecule has 0 radical (unpaired) electrons. The molecule has 1 N–H and O–H groups in total. The van der Waals surface area contributed by atoms with E-state index in [0.717, 1.165) is 19.0 Å². The molecule has 0 saturated carbocycles. The van der Waals surface area contributed by atoms with E-state index in [4.69, 9.17) is 0 Å². The maximum absolute atomic E-state index is 13.5. The van der Waals surface area contributed by atoms with Crippen LogP contribution in [0.4, 0.5) is 15.8 Å². The molecule has 112 valence electrons. The molecule has 1 atom stereocenters. The van der Waals surface area contributed by atoms with Gasteiger partial charge in [-0.3, -0.25) is 10.1 Å². The van der Waals surface area contributed by atoms with Gasteiger partial charge >= 0.3 is 0 Å². The Morgan fingerprint density at radius 2 is 2.20 bits per heavy atom. The van der Waals surface area contributed by atoms with Crippen LogP contribution in [-0.2, 0) is 0 Å². The van der Waals surface area contributed by atoms with E-state index < -0.39 is 10.7 Å². The molecule has 1 aromatic carbocycles. The molecule has 20 heavy (non-hydrogen) atoms. The molecule has 0 aromatic heterocycles. The van der Waals surface area contributed by atoms with E-state index >= 15 is 0 Å². The molecule has 1 rings (SSSR count). The highest BCUT2D eigenvalue weighted by molar-refractivity contribution is 9.10. The highest BCUT2D eigenvalue weighted by Crippen LogP contribution is 2.30. The van der Waals surface area contributed by atoms with E-state index in [1.807, 2.05) is 7.05 Å². The second-order valence-corrected chi connectivity index (χ2v) is 5.56. The van der Waals surface area contributed by atoms with Crippen LogP contribution in [0, 0.1) is 15.9 Å². The fraction of sp³-hybridized carbons (Fsp3) is 0.538. The Morgan fingerprint density at radius 3 is 2.75 bits per heavy atom. The summed E-state index contributed by atoms with van der Waals surface area (Å²) in [6.45, 7) is 5.46. The average Bonchev–Trinajstić information content (AvgIpc) is 2.40. The number of nitrogens with zero attached hydrogens (tertiary/aromatic N) is 2. The highest BCUT2D eigenvalue weighted by atomic mass is 79.9. The van der Waals surface area contributed by atoms with Crippen molar-refractivity contribution in [2.24, 2.45) is 0 Å². The zero-order valence-corrected chi connectivity index (χ0v) is 13.4. The first-order valence-corrected chi connectivity index (χ1v) is 7.23. The number of hydrogen-bond donors (Lipinski definition) is 1. The number of hydrogen-bond acceptors (Lipinski definition) is 4. The highest BCUT2D eigenvalue weighted by Gasteiger charge is 2.17. The minimum atomic E-state index is -0.523. The lowest BCUT2D eigenvalue weighted by atomic mass is 10.2. The number of benzene rings is 1. The molecule has 0 saturated heterocycles. The third-order valence-electron chi connectivity index (χ3n) is 3.36. The zero-order valence-electron chi connectivity index (χ0n) is 11.8. The first kappa shape index (κ1) is 16.8. The summed E-state index contributed by atoms with van der Waals surface area (Å²) in [6, 6.07) is 2.76. The van der Waals surface area contributed by atoms with Crippen molar-refractivity contribution >= 4 is 27.3 Å². The molecule has 7 heteroatoms. The molecule has 1 unspecified atom stereocenters. The molecule has 0 aliphatic heterocycles. The normalized spacial score (nSPS) is 12.5. The van der Waals surface area contributed by atoms with Gasteiger partial charge in [0.05, 0.1) is 9.40 Å². The summed E-state index contributed by atoms with van der Waals surface area (Å²) in [5.41, 5.74) is 0.0673. The van der Waals surface area contributed by atoms with E-state index in [-0.39, 0.29) is 15.8 Å². The van der Waals surface area contributed by atoms with Gasteiger partial charge < -0.3 is 10.2 Å². The quantitative estimate of drug-likeness (QED) is 0.604. The lowest BCUT2D eigenvalue weighted by Gasteiger charge is -2.23. The smallest absolute Gasteiger partial charge is 0.293 e. The van der Waals surface area contributed by atoms with Crippen LogP contribution in [-0.4, -0.2) is 36.0 Å². The van der Waals surface area contributed by atoms with Crippen LogP contribution < -0.4 is 5.32 Å². The number of anilines is 1. The minimum Gasteiger partial charge on any atom is -0.378 e. The first-order chi connectivity index (χ1) is 9.36. The van der Waals surface area contributed by atoms with Crippen molar-refractivity contribution in [3.63, 3.8) is 0 Å². The van der Waals surface area contributed by atoms with Gasteiger partial charge in [0.15, 0.2) is 0 Å². The van der Waals surface area contributed by atoms with Gasteiger partial charge in [0.2, 0.25) is 0 Å². The van der Waals surface area contributed by atoms with E-state index in [1.165, 1.54) is 6.07 Å². The molecule has 0 amide bonds. The summed E-state index contributed by atoms with van der Waals surface area (Å²) in [7, 11) is 1.99. The Morgan fingerprint density at radius 1 is 1.55 bits per heavy atom. The van der Waals surface area contributed by atoms with Crippen LogP contribution in [0.2, 0.25) is 0 Å². The number of nitrogens with one attached hydrogen (secondary N) is 1. The van der Waals surface area contributed by atoms with Gasteiger partial charge in [-0.25, -0.2) is 4.39 Å². The fourth-order valence-corrected chi connectivity index (χ4v) is 2.06. The fourth-order valence-electron chi connectivity index (χ4n) is 1.73. The Balaban J connectivity index is 2.72. The van der Waals surface area contributed by atoms with Crippen LogP contribution in [0.15, 0.2) is 16.6 Å². The van der Waals surface area contributed by atoms with Gasteiger partial charge in [-0.1, -0.05) is 6.92 Å². The van der Waals surface area contributed by atoms with Crippen molar-refractivity contribution in [3.8, 4) is 0 Å². The summed E-state index contributed by atoms with van der Waals surface area (Å²) < 4.78 is 13.6. The minimum absolute atomic E-state index is 0.0893. The summed E-state index contributed by atoms with van der Waals surface area (Å²) in [5.74, 6) is -0.520. The van der Waals surface area contributed by atoms with E-state index in [0.29, 0.717) is 12.6 Å². The average molecular weight is 348 g/mol. The van der Waals surface area contributed by atoms with Gasteiger partial charge in [0.1, 0.15) is 11.5 Å². The standard InChI is InChI=1S/C13H19BrFN3O2/c1-4-9(2)17(3)6-5-16-12-8-11(15)10(14)7-13(12)18(19)20/h7-9,16H,4-6H2,1-3H3. The molecular formula is C13H19BrFN3O2. The topological polar surface area (TPSA) is 58.4 Å².